The van der Waals surface area contributed by atoms with E-state index in [4.69, 9.17) is 0 Å². The number of aryl methyl sites for hydroxylation is 1. The number of thiophene rings is 1. The molecule has 4 aromatic rings. The number of hydrogen-bond donors (Lipinski definition) is 0. The van der Waals surface area contributed by atoms with E-state index in [1.165, 1.54) is 0 Å². The van der Waals surface area contributed by atoms with E-state index in [-0.39, 0.29) is 0 Å². The molecule has 0 aliphatic carbocycles. The fourth-order valence-corrected chi connectivity index (χ4v) is 3.04. The Morgan fingerprint density at radius 3 is 3.18 bits per heavy atom. The van der Waals surface area contributed by atoms with Crippen molar-refractivity contribution in [1.82, 2.24) is 24.6 Å². The molecule has 82 valence electrons. The average molecular weight is 241 g/mol. The summed E-state index contributed by atoms with van der Waals surface area (Å²) in [6.07, 6.45) is 5.43. The molecule has 0 radical (unpaired) electrons. The van der Waals surface area contributed by atoms with Crippen LogP contribution in [0.1, 0.15) is 5.82 Å². The zero-order valence-electron chi connectivity index (χ0n) is 8.95. The molecule has 0 unspecified atom stereocenters. The molecule has 6 heteroatoms. The highest BCUT2D eigenvalue weighted by molar-refractivity contribution is 7.25. The van der Waals surface area contributed by atoms with Gasteiger partial charge < -0.3 is 0 Å². The molecule has 4 rings (SSSR count). The number of aromatic nitrogens is 5. The first-order chi connectivity index (χ1) is 8.34. The summed E-state index contributed by atoms with van der Waals surface area (Å²) in [4.78, 5) is 9.57. The first-order valence-electron chi connectivity index (χ1n) is 5.17. The summed E-state index contributed by atoms with van der Waals surface area (Å²) >= 11 is 1.63. The molecule has 0 spiro atoms. The highest BCUT2D eigenvalue weighted by atomic mass is 32.1. The van der Waals surface area contributed by atoms with Gasteiger partial charge in [0.05, 0.1) is 10.1 Å². The third-order valence-electron chi connectivity index (χ3n) is 2.85. The number of hydrogen-bond acceptors (Lipinski definition) is 5. The average Bonchev–Trinajstić information content (AvgIpc) is 2.90. The minimum Gasteiger partial charge on any atom is -0.269 e. The number of rotatable bonds is 0. The third-order valence-corrected chi connectivity index (χ3v) is 3.90. The van der Waals surface area contributed by atoms with E-state index in [0.29, 0.717) is 0 Å². The monoisotopic (exact) mass is 241 g/mol. The SMILES string of the molecule is Cc1nnc2c3c(ncn12)sc1cnccc13. The number of pyridine rings is 1. The summed E-state index contributed by atoms with van der Waals surface area (Å²) in [7, 11) is 0. The van der Waals surface area contributed by atoms with Crippen molar-refractivity contribution in [2.24, 2.45) is 0 Å². The molecule has 17 heavy (non-hydrogen) atoms. The highest BCUT2D eigenvalue weighted by Gasteiger charge is 2.12. The molecule has 5 nitrogen and oxygen atoms in total. The Balaban J connectivity index is 2.38. The molecule has 0 fully saturated rings. The van der Waals surface area contributed by atoms with Crippen LogP contribution in [-0.4, -0.2) is 24.6 Å². The largest absolute Gasteiger partial charge is 0.269 e. The Hall–Kier alpha value is -2.08. The smallest absolute Gasteiger partial charge is 0.173 e. The summed E-state index contributed by atoms with van der Waals surface area (Å²) in [6, 6.07) is 2.00. The van der Waals surface area contributed by atoms with Crippen molar-refractivity contribution in [2.75, 3.05) is 0 Å². The maximum Gasteiger partial charge on any atom is 0.173 e. The molecule has 4 heterocycles. The Kier molecular flexibility index (Phi) is 1.58. The molecule has 0 aliphatic heterocycles. The standard InChI is InChI=1S/C11H7N5S/c1-6-14-15-10-9-7-2-3-12-4-8(7)17-11(9)13-5-16(6)10/h2-5H,1H3. The van der Waals surface area contributed by atoms with Crippen molar-refractivity contribution in [1.29, 1.82) is 0 Å². The molecule has 4 aromatic heterocycles. The van der Waals surface area contributed by atoms with Crippen molar-refractivity contribution in [3.05, 3.63) is 30.6 Å². The van der Waals surface area contributed by atoms with Crippen LogP contribution in [0.15, 0.2) is 24.8 Å². The van der Waals surface area contributed by atoms with E-state index in [0.717, 1.165) is 31.8 Å². The lowest BCUT2D eigenvalue weighted by Gasteiger charge is -1.95. The summed E-state index contributed by atoms with van der Waals surface area (Å²) in [5.41, 5.74) is 0.866. The second-order valence-corrected chi connectivity index (χ2v) is 4.87. The van der Waals surface area contributed by atoms with Crippen molar-refractivity contribution < 1.29 is 0 Å². The Morgan fingerprint density at radius 2 is 2.24 bits per heavy atom. The van der Waals surface area contributed by atoms with Crippen LogP contribution in [0.3, 0.4) is 0 Å². The van der Waals surface area contributed by atoms with Crippen LogP contribution in [0.2, 0.25) is 0 Å². The lowest BCUT2D eigenvalue weighted by Crippen LogP contribution is -1.89. The number of nitrogens with zero attached hydrogens (tertiary/aromatic N) is 5. The highest BCUT2D eigenvalue weighted by Crippen LogP contribution is 2.33. The molecule has 0 bridgehead atoms. The van der Waals surface area contributed by atoms with Crippen LogP contribution in [0.4, 0.5) is 0 Å². The van der Waals surface area contributed by atoms with E-state index in [9.17, 15) is 0 Å². The maximum absolute atomic E-state index is 4.45. The summed E-state index contributed by atoms with van der Waals surface area (Å²) in [5, 5.41) is 10.5. The van der Waals surface area contributed by atoms with Gasteiger partial charge in [0.25, 0.3) is 0 Å². The van der Waals surface area contributed by atoms with Crippen LogP contribution < -0.4 is 0 Å². The molecule has 0 N–H and O–H groups in total. The van der Waals surface area contributed by atoms with Crippen molar-refractivity contribution >= 4 is 37.3 Å². The van der Waals surface area contributed by atoms with E-state index in [1.54, 1.807) is 23.9 Å². The van der Waals surface area contributed by atoms with Gasteiger partial charge in [-0.15, -0.1) is 21.5 Å². The zero-order valence-corrected chi connectivity index (χ0v) is 9.77. The second-order valence-electron chi connectivity index (χ2n) is 3.84. The van der Waals surface area contributed by atoms with Crippen LogP contribution >= 0.6 is 11.3 Å². The van der Waals surface area contributed by atoms with Gasteiger partial charge in [-0.2, -0.15) is 0 Å². The topological polar surface area (TPSA) is 56.0 Å². The molecule has 0 aromatic carbocycles. The lowest BCUT2D eigenvalue weighted by molar-refractivity contribution is 0.990. The van der Waals surface area contributed by atoms with Gasteiger partial charge in [-0.05, 0) is 13.0 Å². The van der Waals surface area contributed by atoms with Gasteiger partial charge in [0, 0.05) is 17.8 Å². The zero-order chi connectivity index (χ0) is 11.4. The molecule has 0 aliphatic rings. The van der Waals surface area contributed by atoms with Gasteiger partial charge in [0.15, 0.2) is 5.65 Å². The number of fused-ring (bicyclic) bond motifs is 5. The molecule has 0 amide bonds. The van der Waals surface area contributed by atoms with Crippen LogP contribution in [-0.2, 0) is 0 Å². The molecule has 0 atom stereocenters. The quantitative estimate of drug-likeness (QED) is 0.473. The molecular formula is C11H7N5S. The minimum atomic E-state index is 0.850. The summed E-state index contributed by atoms with van der Waals surface area (Å²) in [5.74, 6) is 0.850. The van der Waals surface area contributed by atoms with Gasteiger partial charge in [-0.3, -0.25) is 9.38 Å². The fourth-order valence-electron chi connectivity index (χ4n) is 2.03. The normalized spacial score (nSPS) is 11.8. The maximum atomic E-state index is 4.45. The first kappa shape index (κ1) is 9.00. The predicted molar refractivity (Wildman–Crippen MR) is 66.2 cm³/mol. The molecular weight excluding hydrogens is 234 g/mol. The van der Waals surface area contributed by atoms with Crippen molar-refractivity contribution in [3.63, 3.8) is 0 Å². The fraction of sp³-hybridized carbons (Fsp3) is 0.0909. The molecule has 0 saturated carbocycles. The second kappa shape index (κ2) is 2.98. The Bertz CT molecular complexity index is 860. The van der Waals surface area contributed by atoms with Gasteiger partial charge in [0.2, 0.25) is 0 Å². The van der Waals surface area contributed by atoms with E-state index in [1.807, 2.05) is 23.6 Å². The molecule has 0 saturated heterocycles. The van der Waals surface area contributed by atoms with Crippen molar-refractivity contribution in [3.8, 4) is 0 Å². The van der Waals surface area contributed by atoms with E-state index in [2.05, 4.69) is 20.2 Å². The minimum absolute atomic E-state index is 0.850. The summed E-state index contributed by atoms with van der Waals surface area (Å²) in [6.45, 7) is 1.92. The van der Waals surface area contributed by atoms with Gasteiger partial charge in [-0.1, -0.05) is 0 Å². The van der Waals surface area contributed by atoms with Crippen LogP contribution in [0, 0.1) is 6.92 Å². The predicted octanol–water partition coefficient (Wildman–Crippen LogP) is 2.20. The van der Waals surface area contributed by atoms with Crippen molar-refractivity contribution in [2.45, 2.75) is 6.92 Å². The van der Waals surface area contributed by atoms with E-state index >= 15 is 0 Å². The lowest BCUT2D eigenvalue weighted by atomic mass is 10.2. The Morgan fingerprint density at radius 1 is 1.29 bits per heavy atom. The van der Waals surface area contributed by atoms with E-state index < -0.39 is 0 Å². The van der Waals surface area contributed by atoms with Crippen LogP contribution in [0.25, 0.3) is 25.9 Å². The first-order valence-corrected chi connectivity index (χ1v) is 5.99. The Labute approximate surface area is 99.8 Å². The van der Waals surface area contributed by atoms with Gasteiger partial charge in [0.1, 0.15) is 17.0 Å². The van der Waals surface area contributed by atoms with Gasteiger partial charge in [-0.25, -0.2) is 4.98 Å². The summed E-state index contributed by atoms with van der Waals surface area (Å²) < 4.78 is 3.04. The van der Waals surface area contributed by atoms with Gasteiger partial charge >= 0.3 is 0 Å². The third kappa shape index (κ3) is 1.07. The van der Waals surface area contributed by atoms with Crippen LogP contribution in [0.5, 0.6) is 0 Å².